The van der Waals surface area contributed by atoms with Crippen molar-refractivity contribution in [1.82, 2.24) is 0 Å². The molecule has 0 aliphatic rings. The van der Waals surface area contributed by atoms with Gasteiger partial charge in [-0.1, -0.05) is 44.2 Å². The van der Waals surface area contributed by atoms with Crippen LogP contribution in [0.2, 0.25) is 0 Å². The second kappa shape index (κ2) is 7.73. The Balaban J connectivity index is 0.00000100. The van der Waals surface area contributed by atoms with E-state index in [0.717, 1.165) is 22.2 Å². The Morgan fingerprint density at radius 1 is 1.00 bits per heavy atom. The lowest BCUT2D eigenvalue weighted by atomic mass is 10.1. The van der Waals surface area contributed by atoms with Crippen molar-refractivity contribution < 1.29 is 4.42 Å². The molecule has 0 saturated carbocycles. The summed E-state index contributed by atoms with van der Waals surface area (Å²) in [4.78, 5) is 16.8. The fraction of sp³-hybridized carbons (Fsp3) is 0.238. The summed E-state index contributed by atoms with van der Waals surface area (Å²) in [6.45, 7) is 9.80. The van der Waals surface area contributed by atoms with E-state index in [1.54, 1.807) is 0 Å². The van der Waals surface area contributed by atoms with Crippen molar-refractivity contribution in [2.75, 3.05) is 0 Å². The van der Waals surface area contributed by atoms with E-state index < -0.39 is 0 Å². The molecule has 0 fully saturated rings. The molecule has 0 amide bonds. The highest BCUT2D eigenvalue weighted by molar-refractivity contribution is 6.02. The van der Waals surface area contributed by atoms with Crippen LogP contribution in [0.15, 0.2) is 62.7 Å². The van der Waals surface area contributed by atoms with Gasteiger partial charge < -0.3 is 4.42 Å². The number of para-hydroxylation sites is 1. The van der Waals surface area contributed by atoms with Gasteiger partial charge in [0.1, 0.15) is 5.58 Å². The van der Waals surface area contributed by atoms with Gasteiger partial charge in [0.15, 0.2) is 0 Å². The van der Waals surface area contributed by atoms with E-state index in [1.807, 2.05) is 83.1 Å². The molecule has 0 N–H and O–H groups in total. The van der Waals surface area contributed by atoms with E-state index in [2.05, 4.69) is 4.99 Å². The van der Waals surface area contributed by atoms with Gasteiger partial charge >= 0.3 is 5.63 Å². The number of nitrogens with zero attached hydrogens (tertiary/aromatic N) is 1. The molecule has 1 heterocycles. The Kier molecular flexibility index (Phi) is 5.69. The Bertz CT molecular complexity index is 936. The van der Waals surface area contributed by atoms with Crippen LogP contribution >= 0.6 is 0 Å². The van der Waals surface area contributed by atoms with Crippen LogP contribution in [0.5, 0.6) is 0 Å². The minimum atomic E-state index is -0.354. The summed E-state index contributed by atoms with van der Waals surface area (Å²) in [6.07, 6.45) is 0. The van der Waals surface area contributed by atoms with Crippen molar-refractivity contribution in [3.63, 3.8) is 0 Å². The Morgan fingerprint density at radius 3 is 2.42 bits per heavy atom. The molecule has 124 valence electrons. The summed E-state index contributed by atoms with van der Waals surface area (Å²) in [6, 6.07) is 15.5. The monoisotopic (exact) mass is 321 g/mol. The predicted octanol–water partition coefficient (Wildman–Crippen LogP) is 5.58. The second-order valence-electron chi connectivity index (χ2n) is 5.47. The van der Waals surface area contributed by atoms with Crippen molar-refractivity contribution in [3.05, 3.63) is 75.6 Å². The fourth-order valence-electron chi connectivity index (χ4n) is 2.40. The first-order valence-corrected chi connectivity index (χ1v) is 8.20. The van der Waals surface area contributed by atoms with Gasteiger partial charge in [0.05, 0.1) is 17.0 Å². The molecule has 3 rings (SSSR count). The number of hydrogen-bond acceptors (Lipinski definition) is 3. The van der Waals surface area contributed by atoms with Crippen LogP contribution < -0.4 is 5.63 Å². The van der Waals surface area contributed by atoms with Gasteiger partial charge in [-0.25, -0.2) is 4.79 Å². The van der Waals surface area contributed by atoms with Crippen LogP contribution in [-0.4, -0.2) is 5.71 Å². The average molecular weight is 321 g/mol. The number of benzene rings is 2. The first-order valence-electron chi connectivity index (χ1n) is 8.20. The van der Waals surface area contributed by atoms with Crippen molar-refractivity contribution in [1.29, 1.82) is 0 Å². The molecule has 24 heavy (non-hydrogen) atoms. The third kappa shape index (κ3) is 3.80. The van der Waals surface area contributed by atoms with Crippen LogP contribution in [0.3, 0.4) is 0 Å². The average Bonchev–Trinajstić information content (AvgIpc) is 2.58. The predicted molar refractivity (Wildman–Crippen MR) is 102 cm³/mol. The molecule has 0 unspecified atom stereocenters. The topological polar surface area (TPSA) is 42.6 Å². The van der Waals surface area contributed by atoms with Crippen LogP contribution in [0.25, 0.3) is 11.0 Å². The maximum atomic E-state index is 12.2. The molecular weight excluding hydrogens is 298 g/mol. The van der Waals surface area contributed by atoms with E-state index in [0.29, 0.717) is 16.9 Å². The lowest BCUT2D eigenvalue weighted by molar-refractivity contribution is 0.559. The molecule has 2 aromatic carbocycles. The zero-order valence-electron chi connectivity index (χ0n) is 14.9. The standard InChI is InChI=1S/C19H17NO2.C2H6/c1-12-8-9-15-11-16(19(21)22-18(15)10-12)14(3)20-17-7-5-4-6-13(17)2;1-2/h4-11H,1-3H3;1-2H3. The molecule has 0 bridgehead atoms. The van der Waals surface area contributed by atoms with Gasteiger partial charge in [-0.2, -0.15) is 0 Å². The van der Waals surface area contributed by atoms with E-state index in [4.69, 9.17) is 4.42 Å². The van der Waals surface area contributed by atoms with Gasteiger partial charge in [0, 0.05) is 5.39 Å². The van der Waals surface area contributed by atoms with Crippen molar-refractivity contribution in [2.45, 2.75) is 34.6 Å². The summed E-state index contributed by atoms with van der Waals surface area (Å²) in [7, 11) is 0. The number of aliphatic imine (C=N–C) groups is 1. The highest BCUT2D eigenvalue weighted by atomic mass is 16.4. The first-order chi connectivity index (χ1) is 11.5. The molecule has 3 heteroatoms. The normalized spacial score (nSPS) is 11.1. The summed E-state index contributed by atoms with van der Waals surface area (Å²) >= 11 is 0. The van der Waals surface area contributed by atoms with E-state index in [9.17, 15) is 4.79 Å². The summed E-state index contributed by atoms with van der Waals surface area (Å²) in [5.74, 6) is 0. The minimum absolute atomic E-state index is 0.354. The molecule has 3 aromatic rings. The summed E-state index contributed by atoms with van der Waals surface area (Å²) in [5, 5.41) is 0.902. The zero-order chi connectivity index (χ0) is 17.7. The smallest absolute Gasteiger partial charge is 0.345 e. The zero-order valence-corrected chi connectivity index (χ0v) is 14.9. The van der Waals surface area contributed by atoms with E-state index >= 15 is 0 Å². The third-order valence-corrected chi connectivity index (χ3v) is 3.68. The van der Waals surface area contributed by atoms with Crippen LogP contribution in [0.1, 0.15) is 37.5 Å². The molecule has 0 aliphatic heterocycles. The van der Waals surface area contributed by atoms with Crippen LogP contribution in [0.4, 0.5) is 5.69 Å². The van der Waals surface area contributed by atoms with Gasteiger partial charge in [-0.15, -0.1) is 0 Å². The SMILES string of the molecule is CC.CC(=Nc1ccccc1C)c1cc2ccc(C)cc2oc1=O. The molecule has 0 spiro atoms. The maximum Gasteiger partial charge on any atom is 0.345 e. The molecular formula is C21H23NO2. The summed E-state index contributed by atoms with van der Waals surface area (Å²) < 4.78 is 5.43. The van der Waals surface area contributed by atoms with Crippen molar-refractivity contribution >= 4 is 22.4 Å². The van der Waals surface area contributed by atoms with Crippen molar-refractivity contribution in [2.24, 2.45) is 4.99 Å². The third-order valence-electron chi connectivity index (χ3n) is 3.68. The van der Waals surface area contributed by atoms with Crippen LogP contribution in [0, 0.1) is 13.8 Å². The molecule has 3 nitrogen and oxygen atoms in total. The quantitative estimate of drug-likeness (QED) is 0.457. The van der Waals surface area contributed by atoms with Gasteiger partial charge in [0.2, 0.25) is 0 Å². The largest absolute Gasteiger partial charge is 0.422 e. The first kappa shape index (κ1) is 17.7. The fourth-order valence-corrected chi connectivity index (χ4v) is 2.40. The van der Waals surface area contributed by atoms with E-state index in [1.165, 1.54) is 0 Å². The van der Waals surface area contributed by atoms with Gasteiger partial charge in [-0.3, -0.25) is 4.99 Å². The van der Waals surface area contributed by atoms with E-state index in [-0.39, 0.29) is 5.63 Å². The Labute approximate surface area is 142 Å². The van der Waals surface area contributed by atoms with Gasteiger partial charge in [-0.05, 0) is 50.1 Å². The van der Waals surface area contributed by atoms with Gasteiger partial charge in [0.25, 0.3) is 0 Å². The molecule has 0 aliphatic carbocycles. The van der Waals surface area contributed by atoms with Crippen LogP contribution in [-0.2, 0) is 0 Å². The number of rotatable bonds is 2. The summed E-state index contributed by atoms with van der Waals surface area (Å²) in [5.41, 5.74) is 4.41. The number of fused-ring (bicyclic) bond motifs is 1. The number of hydrogen-bond donors (Lipinski definition) is 0. The lowest BCUT2D eigenvalue weighted by Gasteiger charge is -2.04. The second-order valence-corrected chi connectivity index (χ2v) is 5.47. The Hall–Kier alpha value is -2.68. The molecule has 0 radical (unpaired) electrons. The highest BCUT2D eigenvalue weighted by Crippen LogP contribution is 2.20. The molecule has 1 aromatic heterocycles. The van der Waals surface area contributed by atoms with Crippen molar-refractivity contribution in [3.8, 4) is 0 Å². The highest BCUT2D eigenvalue weighted by Gasteiger charge is 2.09. The molecule has 0 atom stereocenters. The minimum Gasteiger partial charge on any atom is -0.422 e. The molecule has 0 saturated heterocycles. The maximum absolute atomic E-state index is 12.2. The number of aryl methyl sites for hydroxylation is 2. The lowest BCUT2D eigenvalue weighted by Crippen LogP contribution is -2.12. The Morgan fingerprint density at radius 2 is 1.71 bits per heavy atom.